The van der Waals surface area contributed by atoms with E-state index >= 15 is 0 Å². The SMILES string of the molecule is CC(=O)N(C)c1cnn(C(=O)N2CC3CN(Cc4cc(C(F)(F)F)ccc4Cl)CC3C2)c1. The summed E-state index contributed by atoms with van der Waals surface area (Å²) >= 11 is 6.14. The fraction of sp³-hybridized carbons (Fsp3) is 0.476. The van der Waals surface area contributed by atoms with Crippen molar-refractivity contribution in [2.24, 2.45) is 11.8 Å². The molecule has 2 amide bonds. The fourth-order valence-electron chi connectivity index (χ4n) is 4.41. The molecule has 7 nitrogen and oxygen atoms in total. The van der Waals surface area contributed by atoms with Crippen LogP contribution in [0.2, 0.25) is 5.02 Å². The zero-order chi connectivity index (χ0) is 23.2. The number of aromatic nitrogens is 2. The highest BCUT2D eigenvalue weighted by Crippen LogP contribution is 2.35. The van der Waals surface area contributed by atoms with Crippen molar-refractivity contribution in [3.8, 4) is 0 Å². The molecule has 0 spiro atoms. The molecule has 4 rings (SSSR count). The molecule has 172 valence electrons. The minimum absolute atomic E-state index is 0.159. The van der Waals surface area contributed by atoms with Crippen LogP contribution < -0.4 is 4.90 Å². The highest BCUT2D eigenvalue weighted by molar-refractivity contribution is 6.31. The van der Waals surface area contributed by atoms with Crippen LogP contribution in [0.25, 0.3) is 0 Å². The summed E-state index contributed by atoms with van der Waals surface area (Å²) in [5.74, 6) is 0.311. The van der Waals surface area contributed by atoms with Crippen LogP contribution in [0.5, 0.6) is 0 Å². The first kappa shape index (κ1) is 22.6. The van der Waals surface area contributed by atoms with Gasteiger partial charge in [0.15, 0.2) is 0 Å². The van der Waals surface area contributed by atoms with Gasteiger partial charge in [-0.3, -0.25) is 9.69 Å². The van der Waals surface area contributed by atoms with Crippen molar-refractivity contribution in [1.82, 2.24) is 19.6 Å². The summed E-state index contributed by atoms with van der Waals surface area (Å²) in [6.07, 6.45) is -1.41. The predicted molar refractivity (Wildman–Crippen MR) is 112 cm³/mol. The van der Waals surface area contributed by atoms with Crippen LogP contribution in [-0.2, 0) is 17.5 Å². The van der Waals surface area contributed by atoms with Gasteiger partial charge in [0, 0.05) is 51.7 Å². The number of amides is 2. The van der Waals surface area contributed by atoms with Crippen molar-refractivity contribution in [3.63, 3.8) is 0 Å². The number of fused-ring (bicyclic) bond motifs is 1. The molecule has 2 aromatic rings. The van der Waals surface area contributed by atoms with E-state index in [9.17, 15) is 22.8 Å². The fourth-order valence-corrected chi connectivity index (χ4v) is 4.58. The van der Waals surface area contributed by atoms with E-state index in [2.05, 4.69) is 10.00 Å². The number of carbonyl (C=O) groups excluding carboxylic acids is 2. The van der Waals surface area contributed by atoms with Crippen LogP contribution >= 0.6 is 11.6 Å². The topological polar surface area (TPSA) is 61.7 Å². The van der Waals surface area contributed by atoms with Crippen molar-refractivity contribution in [2.45, 2.75) is 19.6 Å². The number of carbonyl (C=O) groups is 2. The van der Waals surface area contributed by atoms with Crippen molar-refractivity contribution < 1.29 is 22.8 Å². The van der Waals surface area contributed by atoms with E-state index in [1.54, 1.807) is 11.9 Å². The smallest absolute Gasteiger partial charge is 0.322 e. The average molecular weight is 470 g/mol. The zero-order valence-corrected chi connectivity index (χ0v) is 18.4. The van der Waals surface area contributed by atoms with Gasteiger partial charge in [-0.1, -0.05) is 11.6 Å². The van der Waals surface area contributed by atoms with Crippen LogP contribution in [0, 0.1) is 11.8 Å². The standard InChI is InChI=1S/C21H23ClF3N5O2/c1-13(31)27(2)18-6-26-30(12-18)20(32)29-10-15-8-28(9-16(15)11-29)7-14-5-17(21(23,24)25)3-4-19(14)22/h3-6,12,15-16H,7-11H2,1-2H3. The molecule has 2 fully saturated rings. The monoisotopic (exact) mass is 469 g/mol. The van der Waals surface area contributed by atoms with E-state index in [1.165, 1.54) is 35.0 Å². The number of nitrogens with zero attached hydrogens (tertiary/aromatic N) is 5. The molecule has 0 bridgehead atoms. The number of rotatable bonds is 3. The molecule has 0 aliphatic carbocycles. The van der Waals surface area contributed by atoms with Crippen molar-refractivity contribution in [3.05, 3.63) is 46.7 Å². The van der Waals surface area contributed by atoms with E-state index in [1.807, 2.05) is 0 Å². The van der Waals surface area contributed by atoms with Gasteiger partial charge in [-0.05, 0) is 35.6 Å². The van der Waals surface area contributed by atoms with Gasteiger partial charge in [-0.15, -0.1) is 0 Å². The lowest BCUT2D eigenvalue weighted by atomic mass is 10.0. The maximum Gasteiger partial charge on any atom is 0.416 e. The number of likely N-dealkylation sites (tertiary alicyclic amines) is 2. The lowest BCUT2D eigenvalue weighted by Crippen LogP contribution is -2.36. The maximum absolute atomic E-state index is 13.0. The third-order valence-electron chi connectivity index (χ3n) is 6.22. The highest BCUT2D eigenvalue weighted by Gasteiger charge is 2.42. The third kappa shape index (κ3) is 4.47. The van der Waals surface area contributed by atoms with Gasteiger partial charge < -0.3 is 9.80 Å². The van der Waals surface area contributed by atoms with E-state index in [4.69, 9.17) is 11.6 Å². The predicted octanol–water partition coefficient (Wildman–Crippen LogP) is 3.57. The Morgan fingerprint density at radius 3 is 2.44 bits per heavy atom. The maximum atomic E-state index is 13.0. The summed E-state index contributed by atoms with van der Waals surface area (Å²) in [7, 11) is 1.61. The van der Waals surface area contributed by atoms with Crippen molar-refractivity contribution in [1.29, 1.82) is 0 Å². The summed E-state index contributed by atoms with van der Waals surface area (Å²) < 4.78 is 40.3. The number of hydrogen-bond donors (Lipinski definition) is 0. The number of hydrogen-bond acceptors (Lipinski definition) is 4. The number of halogens is 4. The molecule has 0 saturated carbocycles. The summed E-state index contributed by atoms with van der Waals surface area (Å²) in [5, 5.41) is 4.40. The van der Waals surface area contributed by atoms with Crippen LogP contribution in [-0.4, -0.2) is 64.7 Å². The first-order valence-electron chi connectivity index (χ1n) is 10.2. The lowest BCUT2D eigenvalue weighted by Gasteiger charge is -2.22. The first-order chi connectivity index (χ1) is 15.0. The van der Waals surface area contributed by atoms with Gasteiger partial charge in [-0.25, -0.2) is 4.79 Å². The van der Waals surface area contributed by atoms with Gasteiger partial charge in [0.25, 0.3) is 0 Å². The molecule has 32 heavy (non-hydrogen) atoms. The normalized spacial score (nSPS) is 21.1. The zero-order valence-electron chi connectivity index (χ0n) is 17.6. The second-order valence-electron chi connectivity index (χ2n) is 8.43. The van der Waals surface area contributed by atoms with Gasteiger partial charge in [0.2, 0.25) is 5.91 Å². The van der Waals surface area contributed by atoms with Gasteiger partial charge >= 0.3 is 12.2 Å². The minimum Gasteiger partial charge on any atom is -0.322 e. The molecule has 0 radical (unpaired) electrons. The summed E-state index contributed by atoms with van der Waals surface area (Å²) in [4.78, 5) is 29.5. The lowest BCUT2D eigenvalue weighted by molar-refractivity contribution is -0.137. The molecule has 2 aliphatic heterocycles. The second kappa shape index (κ2) is 8.40. The molecule has 2 aliphatic rings. The Kier molecular flexibility index (Phi) is 5.93. The molecular weight excluding hydrogens is 447 g/mol. The molecule has 2 unspecified atom stereocenters. The molecule has 1 aromatic carbocycles. The van der Waals surface area contributed by atoms with Crippen molar-refractivity contribution >= 4 is 29.2 Å². The van der Waals surface area contributed by atoms with E-state index in [0.29, 0.717) is 49.0 Å². The van der Waals surface area contributed by atoms with Crippen molar-refractivity contribution in [2.75, 3.05) is 38.1 Å². The van der Waals surface area contributed by atoms with E-state index in [0.717, 1.165) is 12.1 Å². The van der Waals surface area contributed by atoms with Crippen LogP contribution in [0.1, 0.15) is 18.1 Å². The summed E-state index contributed by atoms with van der Waals surface area (Å²) in [6, 6.07) is 3.14. The average Bonchev–Trinajstić information content (AvgIpc) is 3.42. The Balaban J connectivity index is 1.37. The molecular formula is C21H23ClF3N5O2. The number of alkyl halides is 3. The molecule has 11 heteroatoms. The van der Waals surface area contributed by atoms with Crippen LogP contribution in [0.15, 0.2) is 30.6 Å². The molecule has 2 saturated heterocycles. The van der Waals surface area contributed by atoms with Gasteiger partial charge in [-0.2, -0.15) is 23.0 Å². The summed E-state index contributed by atoms with van der Waals surface area (Å²) in [5.41, 5.74) is 0.282. The Morgan fingerprint density at radius 1 is 1.19 bits per heavy atom. The van der Waals surface area contributed by atoms with Gasteiger partial charge in [0.05, 0.1) is 23.6 Å². The molecule has 1 aromatic heterocycles. The molecule has 3 heterocycles. The van der Waals surface area contributed by atoms with Gasteiger partial charge in [0.1, 0.15) is 0 Å². The molecule has 0 N–H and O–H groups in total. The molecule has 2 atom stereocenters. The second-order valence-corrected chi connectivity index (χ2v) is 8.83. The Labute approximate surface area is 188 Å². The highest BCUT2D eigenvalue weighted by atomic mass is 35.5. The minimum atomic E-state index is -4.41. The Hall–Kier alpha value is -2.59. The Morgan fingerprint density at radius 2 is 1.84 bits per heavy atom. The van der Waals surface area contributed by atoms with E-state index in [-0.39, 0.29) is 23.8 Å². The first-order valence-corrected chi connectivity index (χ1v) is 10.6. The quantitative estimate of drug-likeness (QED) is 0.689. The van der Waals surface area contributed by atoms with E-state index < -0.39 is 11.7 Å². The summed E-state index contributed by atoms with van der Waals surface area (Å²) in [6.45, 7) is 4.22. The Bertz CT molecular complexity index is 1030. The number of anilines is 1. The number of benzene rings is 1. The largest absolute Gasteiger partial charge is 0.416 e. The van der Waals surface area contributed by atoms with Crippen LogP contribution in [0.3, 0.4) is 0 Å². The third-order valence-corrected chi connectivity index (χ3v) is 6.59. The van der Waals surface area contributed by atoms with Crippen LogP contribution in [0.4, 0.5) is 23.7 Å².